The highest BCUT2D eigenvalue weighted by atomic mass is 32.1. The number of fused-ring (bicyclic) bond motifs is 4. The average molecular weight is 423 g/mol. The topological polar surface area (TPSA) is 49.8 Å². The number of para-hydroxylation sites is 2. The van der Waals surface area contributed by atoms with Crippen LogP contribution in [-0.4, -0.2) is 21.6 Å². The van der Waals surface area contributed by atoms with E-state index < -0.39 is 0 Å². The lowest BCUT2D eigenvalue weighted by Crippen LogP contribution is -2.29. The molecule has 4 nitrogen and oxygen atoms in total. The largest absolute Gasteiger partial charge is 0.362 e. The van der Waals surface area contributed by atoms with Crippen LogP contribution in [0, 0.1) is 0 Å². The first-order valence-electron chi connectivity index (χ1n) is 10.4. The summed E-state index contributed by atoms with van der Waals surface area (Å²) in [5, 5.41) is 8.43. The molecule has 0 spiro atoms. The van der Waals surface area contributed by atoms with Crippen molar-refractivity contribution in [3.63, 3.8) is 0 Å². The molecular weight excluding hydrogens is 396 g/mol. The molecule has 0 aliphatic heterocycles. The molecule has 0 aliphatic carbocycles. The number of nitrogens with zero attached hydrogens (tertiary/aromatic N) is 2. The third-order valence-corrected chi connectivity index (χ3v) is 6.35. The van der Waals surface area contributed by atoms with Gasteiger partial charge in [0.15, 0.2) is 5.11 Å². The van der Waals surface area contributed by atoms with Crippen LogP contribution in [0.25, 0.3) is 31.5 Å². The maximum Gasteiger partial charge on any atom is 0.170 e. The van der Waals surface area contributed by atoms with E-state index in [0.29, 0.717) is 5.11 Å². The Morgan fingerprint density at radius 2 is 1.72 bits per heavy atom. The van der Waals surface area contributed by atoms with Gasteiger partial charge in [0.1, 0.15) is 10.3 Å². The molecule has 0 unspecified atom stereocenters. The molecule has 0 amide bonds. The highest BCUT2D eigenvalue weighted by molar-refractivity contribution is 7.80. The molecule has 0 saturated carbocycles. The van der Waals surface area contributed by atoms with Crippen LogP contribution in [-0.2, 0) is 0 Å². The number of nitrogens with one attached hydrogen (secondary N) is 2. The molecule has 4 aromatic rings. The highest BCUT2D eigenvalue weighted by Gasteiger charge is 2.10. The van der Waals surface area contributed by atoms with Gasteiger partial charge in [-0.25, -0.2) is 9.97 Å². The van der Waals surface area contributed by atoms with Crippen molar-refractivity contribution in [2.75, 3.05) is 11.9 Å². The molecule has 2 aromatic carbocycles. The van der Waals surface area contributed by atoms with E-state index in [1.165, 1.54) is 36.8 Å². The second-order valence-electron chi connectivity index (χ2n) is 7.33. The summed E-state index contributed by atoms with van der Waals surface area (Å²) in [7, 11) is 0. The predicted molar refractivity (Wildman–Crippen MR) is 130 cm³/mol. The number of thiophene rings is 1. The molecule has 2 heterocycles. The van der Waals surface area contributed by atoms with Crippen LogP contribution in [0.15, 0.2) is 42.5 Å². The molecule has 0 aliphatic rings. The van der Waals surface area contributed by atoms with Crippen molar-refractivity contribution >= 4 is 65.8 Å². The number of thiocarbonyl (C=S) groups is 1. The third kappa shape index (κ3) is 4.82. The summed E-state index contributed by atoms with van der Waals surface area (Å²) < 4.78 is 1.19. The fourth-order valence-corrected chi connectivity index (χ4v) is 4.73. The van der Waals surface area contributed by atoms with Crippen molar-refractivity contribution < 1.29 is 0 Å². The molecule has 0 radical (unpaired) electrons. The van der Waals surface area contributed by atoms with E-state index in [2.05, 4.69) is 35.8 Å². The van der Waals surface area contributed by atoms with Crippen molar-refractivity contribution in [3.8, 4) is 0 Å². The van der Waals surface area contributed by atoms with Crippen LogP contribution < -0.4 is 10.6 Å². The summed E-state index contributed by atoms with van der Waals surface area (Å²) in [5.74, 6) is 0. The van der Waals surface area contributed by atoms with E-state index in [-0.39, 0.29) is 0 Å². The second kappa shape index (κ2) is 9.46. The average Bonchev–Trinajstić information content (AvgIpc) is 3.08. The fraction of sp³-hybridized carbons (Fsp3) is 0.348. The minimum Gasteiger partial charge on any atom is -0.362 e. The van der Waals surface area contributed by atoms with E-state index in [1.54, 1.807) is 11.3 Å². The highest BCUT2D eigenvalue weighted by Crippen LogP contribution is 2.34. The number of hydrogen-bond donors (Lipinski definition) is 2. The maximum absolute atomic E-state index is 5.47. The second-order valence-corrected chi connectivity index (χ2v) is 8.77. The number of benzene rings is 2. The molecule has 0 fully saturated rings. The lowest BCUT2D eigenvalue weighted by Gasteiger charge is -2.10. The van der Waals surface area contributed by atoms with Gasteiger partial charge in [-0.1, -0.05) is 51.2 Å². The van der Waals surface area contributed by atoms with Crippen LogP contribution in [0.3, 0.4) is 0 Å². The monoisotopic (exact) mass is 422 g/mol. The van der Waals surface area contributed by atoms with Gasteiger partial charge in [-0.05, 0) is 49.0 Å². The first kappa shape index (κ1) is 20.0. The zero-order chi connectivity index (χ0) is 20.1. The Hall–Kier alpha value is -2.31. The molecule has 0 atom stereocenters. The van der Waals surface area contributed by atoms with Gasteiger partial charge in [-0.3, -0.25) is 0 Å². The molecule has 2 N–H and O–H groups in total. The van der Waals surface area contributed by atoms with Crippen LogP contribution in [0.2, 0.25) is 0 Å². The van der Waals surface area contributed by atoms with Gasteiger partial charge in [0.05, 0.1) is 11.0 Å². The number of unbranched alkanes of at least 4 members (excludes halogenated alkanes) is 5. The van der Waals surface area contributed by atoms with E-state index >= 15 is 0 Å². The normalized spacial score (nSPS) is 11.3. The molecular formula is C23H26N4S2. The Labute approximate surface area is 180 Å². The molecule has 150 valence electrons. The number of hydrogen-bond acceptors (Lipinski definition) is 4. The SMILES string of the molecule is CCCCCCCCNC(=S)Nc1ccc2sc3nc4ccccc4nc3c2c1. The molecule has 4 rings (SSSR count). The van der Waals surface area contributed by atoms with E-state index in [4.69, 9.17) is 22.2 Å². The summed E-state index contributed by atoms with van der Waals surface area (Å²) in [6.45, 7) is 3.16. The number of anilines is 1. The van der Waals surface area contributed by atoms with Crippen LogP contribution >= 0.6 is 23.6 Å². The number of rotatable bonds is 8. The zero-order valence-corrected chi connectivity index (χ0v) is 18.3. The number of aromatic nitrogens is 2. The molecule has 0 saturated heterocycles. The van der Waals surface area contributed by atoms with E-state index in [0.717, 1.165) is 45.4 Å². The summed E-state index contributed by atoms with van der Waals surface area (Å²) in [6, 6.07) is 14.3. The Balaban J connectivity index is 1.42. The third-order valence-electron chi connectivity index (χ3n) is 5.05. The van der Waals surface area contributed by atoms with E-state index in [1.807, 2.05) is 24.3 Å². The van der Waals surface area contributed by atoms with Gasteiger partial charge >= 0.3 is 0 Å². The Kier molecular flexibility index (Phi) is 6.52. The van der Waals surface area contributed by atoms with Gasteiger partial charge < -0.3 is 10.6 Å². The lowest BCUT2D eigenvalue weighted by atomic mass is 10.1. The van der Waals surface area contributed by atoms with E-state index in [9.17, 15) is 0 Å². The quantitative estimate of drug-likeness (QED) is 0.246. The summed E-state index contributed by atoms with van der Waals surface area (Å²) >= 11 is 7.15. The molecule has 6 heteroatoms. The van der Waals surface area contributed by atoms with Crippen molar-refractivity contribution in [2.45, 2.75) is 45.4 Å². The minimum absolute atomic E-state index is 0.675. The van der Waals surface area contributed by atoms with Crippen molar-refractivity contribution in [3.05, 3.63) is 42.5 Å². The fourth-order valence-electron chi connectivity index (χ4n) is 3.50. The Morgan fingerprint density at radius 1 is 0.966 bits per heavy atom. The van der Waals surface area contributed by atoms with Crippen molar-refractivity contribution in [1.82, 2.24) is 15.3 Å². The minimum atomic E-state index is 0.675. The summed E-state index contributed by atoms with van der Waals surface area (Å²) in [6.07, 6.45) is 7.70. The van der Waals surface area contributed by atoms with Gasteiger partial charge in [0, 0.05) is 22.3 Å². The molecule has 0 bridgehead atoms. The van der Waals surface area contributed by atoms with Crippen molar-refractivity contribution in [2.24, 2.45) is 0 Å². The van der Waals surface area contributed by atoms with Crippen LogP contribution in [0.1, 0.15) is 45.4 Å². The Morgan fingerprint density at radius 3 is 2.55 bits per heavy atom. The first-order chi connectivity index (χ1) is 14.2. The van der Waals surface area contributed by atoms with Crippen molar-refractivity contribution in [1.29, 1.82) is 0 Å². The van der Waals surface area contributed by atoms with Crippen LogP contribution in [0.4, 0.5) is 5.69 Å². The summed E-state index contributed by atoms with van der Waals surface area (Å²) in [5.41, 5.74) is 3.80. The van der Waals surface area contributed by atoms with Crippen LogP contribution in [0.5, 0.6) is 0 Å². The zero-order valence-electron chi connectivity index (χ0n) is 16.7. The standard InChI is InChI=1S/C23H26N4S2/c1-2-3-4-5-6-9-14-24-23(28)25-16-12-13-20-17(15-16)21-22(29-20)27-19-11-8-7-10-18(19)26-21/h7-8,10-13,15H,2-6,9,14H2,1H3,(H2,24,25,28). The van der Waals surface area contributed by atoms with Gasteiger partial charge in [0.2, 0.25) is 0 Å². The van der Waals surface area contributed by atoms with Gasteiger partial charge in [-0.15, -0.1) is 11.3 Å². The predicted octanol–water partition coefficient (Wildman–Crippen LogP) is 6.64. The van der Waals surface area contributed by atoms with Gasteiger partial charge in [0.25, 0.3) is 0 Å². The summed E-state index contributed by atoms with van der Waals surface area (Å²) in [4.78, 5) is 10.6. The molecule has 2 aromatic heterocycles. The van der Waals surface area contributed by atoms with Gasteiger partial charge in [-0.2, -0.15) is 0 Å². The molecule has 29 heavy (non-hydrogen) atoms. The lowest BCUT2D eigenvalue weighted by molar-refractivity contribution is 0.603. The smallest absolute Gasteiger partial charge is 0.170 e. The Bertz CT molecular complexity index is 1140. The first-order valence-corrected chi connectivity index (χ1v) is 11.6. The maximum atomic E-state index is 5.47.